The summed E-state index contributed by atoms with van der Waals surface area (Å²) >= 11 is 2.04. The van der Waals surface area contributed by atoms with Gasteiger partial charge in [0.2, 0.25) is 0 Å². The Bertz CT molecular complexity index is 485. The van der Waals surface area contributed by atoms with Gasteiger partial charge in [0.15, 0.2) is 0 Å². The number of aliphatic hydroxyl groups excluding tert-OH is 1. The van der Waals surface area contributed by atoms with Gasteiger partial charge in [0.25, 0.3) is 0 Å². The van der Waals surface area contributed by atoms with Crippen LogP contribution in [0, 0.1) is 9.39 Å². The van der Waals surface area contributed by atoms with Gasteiger partial charge in [-0.25, -0.2) is 4.39 Å². The summed E-state index contributed by atoms with van der Waals surface area (Å²) in [6.45, 7) is 0. The minimum absolute atomic E-state index is 0.312. The lowest BCUT2D eigenvalue weighted by atomic mass is 10.0. The van der Waals surface area contributed by atoms with E-state index in [9.17, 15) is 9.50 Å². The average Bonchev–Trinajstić information content (AvgIpc) is 2.29. The molecule has 0 radical (unpaired) electrons. The van der Waals surface area contributed by atoms with Gasteiger partial charge in [0.05, 0.1) is 0 Å². The van der Waals surface area contributed by atoms with E-state index in [1.165, 1.54) is 6.07 Å². The quantitative estimate of drug-likeness (QED) is 0.837. The first kappa shape index (κ1) is 11.5. The normalized spacial score (nSPS) is 12.4. The zero-order valence-electron chi connectivity index (χ0n) is 8.40. The summed E-state index contributed by atoms with van der Waals surface area (Å²) in [7, 11) is 0. The first-order valence-electron chi connectivity index (χ1n) is 4.86. The highest BCUT2D eigenvalue weighted by molar-refractivity contribution is 14.1. The van der Waals surface area contributed by atoms with Gasteiger partial charge in [-0.3, -0.25) is 0 Å². The molecule has 82 valence electrons. The molecule has 0 fully saturated rings. The highest BCUT2D eigenvalue weighted by atomic mass is 127. The van der Waals surface area contributed by atoms with E-state index < -0.39 is 6.10 Å². The standard InChI is InChI=1S/C13H10FIO/c14-12-8-10(15)6-7-11(12)13(16)9-4-2-1-3-5-9/h1-8,13,16H. The SMILES string of the molecule is OC(c1ccccc1)c1ccc(I)cc1F. The molecule has 0 saturated carbocycles. The molecule has 1 atom stereocenters. The number of hydrogen-bond donors (Lipinski definition) is 1. The molecular formula is C13H10FIO. The Hall–Kier alpha value is -0.940. The molecule has 0 aliphatic carbocycles. The Morgan fingerprint density at radius 1 is 1.06 bits per heavy atom. The van der Waals surface area contributed by atoms with Crippen LogP contribution in [0.5, 0.6) is 0 Å². The minimum Gasteiger partial charge on any atom is -0.384 e. The summed E-state index contributed by atoms with van der Waals surface area (Å²) in [5.74, 6) is -0.372. The van der Waals surface area contributed by atoms with E-state index in [2.05, 4.69) is 0 Å². The maximum atomic E-state index is 13.6. The van der Waals surface area contributed by atoms with Crippen LogP contribution in [-0.2, 0) is 0 Å². The number of aliphatic hydroxyl groups is 1. The molecule has 1 unspecified atom stereocenters. The molecule has 0 spiro atoms. The van der Waals surface area contributed by atoms with Gasteiger partial charge in [0.1, 0.15) is 11.9 Å². The Morgan fingerprint density at radius 3 is 2.38 bits per heavy atom. The maximum Gasteiger partial charge on any atom is 0.130 e. The lowest BCUT2D eigenvalue weighted by Gasteiger charge is -2.12. The van der Waals surface area contributed by atoms with Crippen molar-refractivity contribution in [2.24, 2.45) is 0 Å². The molecule has 0 amide bonds. The van der Waals surface area contributed by atoms with E-state index >= 15 is 0 Å². The third-order valence-electron chi connectivity index (χ3n) is 2.37. The Kier molecular flexibility index (Phi) is 3.56. The predicted molar refractivity (Wildman–Crippen MR) is 69.6 cm³/mol. The summed E-state index contributed by atoms with van der Waals surface area (Å²) in [6.07, 6.45) is -0.904. The van der Waals surface area contributed by atoms with Gasteiger partial charge < -0.3 is 5.11 Å². The molecule has 0 aliphatic heterocycles. The molecule has 16 heavy (non-hydrogen) atoms. The van der Waals surface area contributed by atoms with Crippen LogP contribution in [0.4, 0.5) is 4.39 Å². The zero-order valence-corrected chi connectivity index (χ0v) is 10.6. The number of rotatable bonds is 2. The van der Waals surface area contributed by atoms with Crippen LogP contribution in [0.15, 0.2) is 48.5 Å². The second kappa shape index (κ2) is 4.93. The summed E-state index contributed by atoms with van der Waals surface area (Å²) in [5, 5.41) is 10.0. The summed E-state index contributed by atoms with van der Waals surface area (Å²) in [5.41, 5.74) is 1.01. The smallest absolute Gasteiger partial charge is 0.130 e. The van der Waals surface area contributed by atoms with Gasteiger partial charge in [-0.2, -0.15) is 0 Å². The van der Waals surface area contributed by atoms with Gasteiger partial charge >= 0.3 is 0 Å². The molecule has 0 bridgehead atoms. The average molecular weight is 328 g/mol. The van der Waals surface area contributed by atoms with E-state index in [-0.39, 0.29) is 5.82 Å². The highest BCUT2D eigenvalue weighted by Gasteiger charge is 2.14. The second-order valence-electron chi connectivity index (χ2n) is 3.48. The van der Waals surface area contributed by atoms with E-state index in [4.69, 9.17) is 0 Å². The zero-order chi connectivity index (χ0) is 11.5. The second-order valence-corrected chi connectivity index (χ2v) is 4.72. The van der Waals surface area contributed by atoms with Gasteiger partial charge in [-0.15, -0.1) is 0 Å². The lowest BCUT2D eigenvalue weighted by molar-refractivity contribution is 0.215. The highest BCUT2D eigenvalue weighted by Crippen LogP contribution is 2.25. The van der Waals surface area contributed by atoms with Crippen molar-refractivity contribution in [3.8, 4) is 0 Å². The lowest BCUT2D eigenvalue weighted by Crippen LogP contribution is -2.02. The Balaban J connectivity index is 2.38. The Labute approximate surface area is 107 Å². The molecule has 2 rings (SSSR count). The van der Waals surface area contributed by atoms with Crippen LogP contribution in [0.25, 0.3) is 0 Å². The predicted octanol–water partition coefficient (Wildman–Crippen LogP) is 3.51. The monoisotopic (exact) mass is 328 g/mol. The van der Waals surface area contributed by atoms with Crippen LogP contribution in [0.1, 0.15) is 17.2 Å². The molecule has 0 saturated heterocycles. The van der Waals surface area contributed by atoms with Crippen LogP contribution >= 0.6 is 22.6 Å². The molecule has 0 heterocycles. The molecule has 0 aliphatic rings. The largest absolute Gasteiger partial charge is 0.384 e. The number of halogens is 2. The molecule has 2 aromatic carbocycles. The first-order chi connectivity index (χ1) is 7.68. The number of benzene rings is 2. The molecule has 2 aromatic rings. The molecule has 3 heteroatoms. The minimum atomic E-state index is -0.904. The summed E-state index contributed by atoms with van der Waals surface area (Å²) in [4.78, 5) is 0. The molecular weight excluding hydrogens is 318 g/mol. The van der Waals surface area contributed by atoms with Gasteiger partial charge in [-0.1, -0.05) is 36.4 Å². The van der Waals surface area contributed by atoms with Crippen molar-refractivity contribution in [1.82, 2.24) is 0 Å². The van der Waals surface area contributed by atoms with Crippen molar-refractivity contribution in [3.05, 3.63) is 69.0 Å². The maximum absolute atomic E-state index is 13.6. The van der Waals surface area contributed by atoms with Crippen molar-refractivity contribution < 1.29 is 9.50 Å². The van der Waals surface area contributed by atoms with Crippen molar-refractivity contribution in [2.75, 3.05) is 0 Å². The van der Waals surface area contributed by atoms with E-state index in [1.54, 1.807) is 24.3 Å². The van der Waals surface area contributed by atoms with Gasteiger partial charge in [0, 0.05) is 9.13 Å². The van der Waals surface area contributed by atoms with E-state index in [1.807, 2.05) is 40.8 Å². The third-order valence-corrected chi connectivity index (χ3v) is 3.04. The fourth-order valence-electron chi connectivity index (χ4n) is 1.54. The van der Waals surface area contributed by atoms with Crippen LogP contribution in [0.2, 0.25) is 0 Å². The van der Waals surface area contributed by atoms with E-state index in [0.717, 1.165) is 3.57 Å². The molecule has 1 nitrogen and oxygen atoms in total. The topological polar surface area (TPSA) is 20.2 Å². The van der Waals surface area contributed by atoms with Crippen LogP contribution in [0.3, 0.4) is 0 Å². The molecule has 0 aromatic heterocycles. The van der Waals surface area contributed by atoms with Gasteiger partial charge in [-0.05, 0) is 40.3 Å². The number of hydrogen-bond acceptors (Lipinski definition) is 1. The molecule has 1 N–H and O–H groups in total. The first-order valence-corrected chi connectivity index (χ1v) is 5.94. The fourth-order valence-corrected chi connectivity index (χ4v) is 1.99. The van der Waals surface area contributed by atoms with Crippen LogP contribution in [-0.4, -0.2) is 5.11 Å². The fraction of sp³-hybridized carbons (Fsp3) is 0.0769. The van der Waals surface area contributed by atoms with Crippen molar-refractivity contribution in [3.63, 3.8) is 0 Å². The summed E-state index contributed by atoms with van der Waals surface area (Å²) < 4.78 is 14.4. The van der Waals surface area contributed by atoms with Crippen molar-refractivity contribution in [1.29, 1.82) is 0 Å². The van der Waals surface area contributed by atoms with Crippen LogP contribution < -0.4 is 0 Å². The third kappa shape index (κ3) is 2.41. The Morgan fingerprint density at radius 2 is 1.75 bits per heavy atom. The summed E-state index contributed by atoms with van der Waals surface area (Å²) in [6, 6.07) is 13.9. The van der Waals surface area contributed by atoms with E-state index in [0.29, 0.717) is 11.1 Å². The van der Waals surface area contributed by atoms with Crippen molar-refractivity contribution in [2.45, 2.75) is 6.10 Å². The van der Waals surface area contributed by atoms with Crippen molar-refractivity contribution >= 4 is 22.6 Å².